The Bertz CT molecular complexity index is 1440. The van der Waals surface area contributed by atoms with Crippen LogP contribution in [0.25, 0.3) is 0 Å². The molecule has 8 atom stereocenters. The molecule has 0 radical (unpaired) electrons. The van der Waals surface area contributed by atoms with Gasteiger partial charge < -0.3 is 45.1 Å². The van der Waals surface area contributed by atoms with Crippen LogP contribution in [0.1, 0.15) is 329 Å². The van der Waals surface area contributed by atoms with Gasteiger partial charge in [0.2, 0.25) is 5.91 Å². The average molecular weight is 1130 g/mol. The van der Waals surface area contributed by atoms with Gasteiger partial charge in [0.1, 0.15) is 24.4 Å². The second-order valence-electron chi connectivity index (χ2n) is 23.9. The maximum atomic E-state index is 13.5. The van der Waals surface area contributed by atoms with Gasteiger partial charge in [0.15, 0.2) is 12.4 Å². The summed E-state index contributed by atoms with van der Waals surface area (Å²) in [6.07, 6.45) is 58.9. The molecule has 8 unspecified atom stereocenters. The van der Waals surface area contributed by atoms with Crippen LogP contribution in [-0.4, -0.2) is 99.6 Å². The number of allylic oxidation sites excluding steroid dienone is 5. The molecule has 6 N–H and O–H groups in total. The van der Waals surface area contributed by atoms with E-state index in [1.807, 2.05) is 6.08 Å². The minimum atomic E-state index is -1.61. The summed E-state index contributed by atoms with van der Waals surface area (Å²) < 4.78 is 17.7. The predicted molar refractivity (Wildman–Crippen MR) is 334 cm³/mol. The fraction of sp³-hybridized carbons (Fsp3) is 0.884. The first-order valence-corrected chi connectivity index (χ1v) is 34.3. The normalized spacial score (nSPS) is 18.9. The lowest BCUT2D eigenvalue weighted by Gasteiger charge is -2.41. The standard InChI is InChI=1S/C69H129NO10/c1-4-7-10-13-16-19-22-25-27-29-31-33-34-36-38-41-44-47-50-53-56-62(73)68(77)70-60(61(72)55-52-49-46-43-40-24-21-18-15-12-9-6-3)59-78-69-67(66(76)65(75)63(58-71)79-69)80-64(74)57-54-51-48-45-42-39-37-35-32-30-28-26-23-20-17-14-11-8-5-2/h17,20,26,28,52,55,60-63,65-67,69,71-73,75-76H,4-16,18-19,21-25,27,29-51,53-54,56-59H2,1-3H3,(H,70,77)/b20-17-,28-26-,55-52+. The number of aliphatic hydroxyl groups excluding tert-OH is 5. The number of nitrogens with one attached hydrogen (secondary N) is 1. The molecule has 80 heavy (non-hydrogen) atoms. The first-order chi connectivity index (χ1) is 39.2. The lowest BCUT2D eigenvalue weighted by Crippen LogP contribution is -2.61. The Morgan fingerprint density at radius 3 is 1.30 bits per heavy atom. The highest BCUT2D eigenvalue weighted by molar-refractivity contribution is 5.80. The van der Waals surface area contributed by atoms with E-state index in [0.717, 1.165) is 70.6 Å². The van der Waals surface area contributed by atoms with E-state index >= 15 is 0 Å². The van der Waals surface area contributed by atoms with E-state index in [1.165, 1.54) is 212 Å². The molecule has 1 saturated heterocycles. The minimum Gasteiger partial charge on any atom is -0.454 e. The summed E-state index contributed by atoms with van der Waals surface area (Å²) in [5.74, 6) is -1.18. The van der Waals surface area contributed by atoms with Crippen LogP contribution in [0.2, 0.25) is 0 Å². The summed E-state index contributed by atoms with van der Waals surface area (Å²) in [5.41, 5.74) is 0. The third kappa shape index (κ3) is 44.4. The highest BCUT2D eigenvalue weighted by Crippen LogP contribution is 2.26. The van der Waals surface area contributed by atoms with E-state index in [1.54, 1.807) is 6.08 Å². The van der Waals surface area contributed by atoms with E-state index in [4.69, 9.17) is 14.2 Å². The van der Waals surface area contributed by atoms with Gasteiger partial charge in [-0.05, 0) is 57.8 Å². The molecule has 0 aliphatic carbocycles. The number of carbonyl (C=O) groups is 2. The second kappa shape index (κ2) is 57.3. The molecule has 470 valence electrons. The molecule has 0 saturated carbocycles. The highest BCUT2D eigenvalue weighted by atomic mass is 16.7. The van der Waals surface area contributed by atoms with Crippen LogP contribution in [0.5, 0.6) is 0 Å². The molecular weight excluding hydrogens is 1000 g/mol. The molecule has 0 aromatic heterocycles. The average Bonchev–Trinajstić information content (AvgIpc) is 3.48. The Kier molecular flexibility index (Phi) is 54.4. The van der Waals surface area contributed by atoms with Crippen molar-refractivity contribution in [3.05, 3.63) is 36.5 Å². The molecule has 1 rings (SSSR count). The fourth-order valence-corrected chi connectivity index (χ4v) is 10.9. The van der Waals surface area contributed by atoms with Crippen molar-refractivity contribution in [2.75, 3.05) is 13.2 Å². The van der Waals surface area contributed by atoms with E-state index < -0.39 is 67.4 Å². The second-order valence-corrected chi connectivity index (χ2v) is 23.9. The number of hydrogen-bond acceptors (Lipinski definition) is 10. The van der Waals surface area contributed by atoms with Crippen molar-refractivity contribution in [3.63, 3.8) is 0 Å². The lowest BCUT2D eigenvalue weighted by atomic mass is 9.99. The monoisotopic (exact) mass is 1130 g/mol. The molecule has 1 heterocycles. The van der Waals surface area contributed by atoms with Gasteiger partial charge in [0, 0.05) is 6.42 Å². The van der Waals surface area contributed by atoms with E-state index in [-0.39, 0.29) is 13.0 Å². The Morgan fingerprint density at radius 1 is 0.487 bits per heavy atom. The Labute approximate surface area is 492 Å². The van der Waals surface area contributed by atoms with Gasteiger partial charge in [0.05, 0.1) is 25.4 Å². The van der Waals surface area contributed by atoms with Crippen molar-refractivity contribution in [2.24, 2.45) is 0 Å². The number of hydrogen-bond donors (Lipinski definition) is 6. The third-order valence-electron chi connectivity index (χ3n) is 16.3. The topological polar surface area (TPSA) is 175 Å². The van der Waals surface area contributed by atoms with Crippen molar-refractivity contribution >= 4 is 11.9 Å². The largest absolute Gasteiger partial charge is 0.454 e. The van der Waals surface area contributed by atoms with Crippen molar-refractivity contribution in [1.29, 1.82) is 0 Å². The molecule has 11 heteroatoms. The van der Waals surface area contributed by atoms with E-state index in [2.05, 4.69) is 50.4 Å². The van der Waals surface area contributed by atoms with Crippen LogP contribution in [0.3, 0.4) is 0 Å². The first-order valence-electron chi connectivity index (χ1n) is 34.3. The van der Waals surface area contributed by atoms with Crippen LogP contribution < -0.4 is 5.32 Å². The molecular formula is C69H129NO10. The Hall–Kier alpha value is -2.12. The van der Waals surface area contributed by atoms with Crippen LogP contribution >= 0.6 is 0 Å². The Morgan fingerprint density at radius 2 is 0.863 bits per heavy atom. The maximum absolute atomic E-state index is 13.5. The van der Waals surface area contributed by atoms with E-state index in [9.17, 15) is 35.1 Å². The van der Waals surface area contributed by atoms with Gasteiger partial charge in [-0.1, -0.05) is 301 Å². The van der Waals surface area contributed by atoms with Crippen molar-refractivity contribution in [2.45, 2.75) is 378 Å². The van der Waals surface area contributed by atoms with Crippen LogP contribution in [0.15, 0.2) is 36.5 Å². The Balaban J connectivity index is 2.61. The van der Waals surface area contributed by atoms with E-state index in [0.29, 0.717) is 19.3 Å². The third-order valence-corrected chi connectivity index (χ3v) is 16.3. The fourth-order valence-electron chi connectivity index (χ4n) is 10.9. The van der Waals surface area contributed by atoms with Gasteiger partial charge in [-0.2, -0.15) is 0 Å². The molecule has 1 aliphatic heterocycles. The van der Waals surface area contributed by atoms with Crippen molar-refractivity contribution < 1.29 is 49.3 Å². The van der Waals surface area contributed by atoms with Gasteiger partial charge in [0.25, 0.3) is 0 Å². The number of rotatable bonds is 59. The quantitative estimate of drug-likeness (QED) is 0.0195. The van der Waals surface area contributed by atoms with Gasteiger partial charge in [-0.3, -0.25) is 9.59 Å². The number of ether oxygens (including phenoxy) is 3. The zero-order valence-electron chi connectivity index (χ0n) is 52.2. The van der Waals surface area contributed by atoms with Crippen molar-refractivity contribution in [3.8, 4) is 0 Å². The van der Waals surface area contributed by atoms with Gasteiger partial charge in [-0.25, -0.2) is 0 Å². The number of carbonyl (C=O) groups excluding carboxylic acids is 2. The van der Waals surface area contributed by atoms with Crippen LogP contribution in [0, 0.1) is 0 Å². The summed E-state index contributed by atoms with van der Waals surface area (Å²) in [5, 5.41) is 57.2. The highest BCUT2D eigenvalue weighted by Gasteiger charge is 2.47. The first kappa shape index (κ1) is 75.9. The smallest absolute Gasteiger partial charge is 0.306 e. The van der Waals surface area contributed by atoms with Crippen LogP contribution in [-0.2, 0) is 23.8 Å². The number of unbranched alkanes of at least 4 members (excludes halogenated alkanes) is 41. The molecule has 1 amide bonds. The zero-order chi connectivity index (χ0) is 58.2. The summed E-state index contributed by atoms with van der Waals surface area (Å²) >= 11 is 0. The molecule has 0 aromatic carbocycles. The maximum Gasteiger partial charge on any atom is 0.306 e. The minimum absolute atomic E-state index is 0.121. The summed E-state index contributed by atoms with van der Waals surface area (Å²) in [6.45, 7) is 5.81. The number of aliphatic hydroxyl groups is 5. The molecule has 11 nitrogen and oxygen atoms in total. The predicted octanol–water partition coefficient (Wildman–Crippen LogP) is 17.0. The molecule has 1 aliphatic rings. The SMILES string of the molecule is CCCCC/C=C\C/C=C\CCCCCCCCCCCC(=O)OC1C(OCC(NC(=O)C(O)CCCCCCCCCCCCCCCCCCCCCC)C(O)/C=C/CCCCCCCCCCCC)OC(CO)C(O)C1O. The number of esters is 1. The summed E-state index contributed by atoms with van der Waals surface area (Å²) in [7, 11) is 0. The van der Waals surface area contributed by atoms with Crippen molar-refractivity contribution in [1.82, 2.24) is 5.32 Å². The molecule has 0 bridgehead atoms. The lowest BCUT2D eigenvalue weighted by molar-refractivity contribution is -0.305. The summed E-state index contributed by atoms with van der Waals surface area (Å²) in [4.78, 5) is 26.6. The molecule has 0 aromatic rings. The van der Waals surface area contributed by atoms with Gasteiger partial charge in [-0.15, -0.1) is 0 Å². The zero-order valence-corrected chi connectivity index (χ0v) is 52.2. The summed E-state index contributed by atoms with van der Waals surface area (Å²) in [6, 6.07) is -1.02. The van der Waals surface area contributed by atoms with Gasteiger partial charge >= 0.3 is 5.97 Å². The van der Waals surface area contributed by atoms with Crippen LogP contribution in [0.4, 0.5) is 0 Å². The number of amides is 1. The molecule has 1 fully saturated rings. The molecule has 0 spiro atoms.